The lowest BCUT2D eigenvalue weighted by Gasteiger charge is -2.15. The molecule has 0 unspecified atom stereocenters. The molecule has 1 rings (SSSR count). The van der Waals surface area contributed by atoms with Crippen LogP contribution in [-0.2, 0) is 14.3 Å². The lowest BCUT2D eigenvalue weighted by atomic mass is 10.1. The van der Waals surface area contributed by atoms with Gasteiger partial charge in [-0.05, 0) is 37.6 Å². The van der Waals surface area contributed by atoms with Crippen LogP contribution in [0.1, 0.15) is 30.1 Å². The zero-order valence-corrected chi connectivity index (χ0v) is 12.1. The number of hydrogen-bond acceptors (Lipinski definition) is 4. The average molecular weight is 298 g/mol. The fourth-order valence-electron chi connectivity index (χ4n) is 1.58. The molecule has 0 aliphatic carbocycles. The monoisotopic (exact) mass is 297 g/mol. The summed E-state index contributed by atoms with van der Waals surface area (Å²) in [6.45, 7) is 1.43. The molecule has 5 nitrogen and oxygen atoms in total. The Morgan fingerprint density at radius 1 is 1.25 bits per heavy atom. The predicted octanol–water partition coefficient (Wildman–Crippen LogP) is 1.98. The van der Waals surface area contributed by atoms with Crippen molar-refractivity contribution in [1.82, 2.24) is 5.32 Å². The van der Waals surface area contributed by atoms with Crippen LogP contribution in [0.3, 0.4) is 0 Å². The topological polar surface area (TPSA) is 72.5 Å². The number of nitrogens with one attached hydrogen (secondary N) is 1. The number of Topliss-reactive ketones (excluding diaryl/α,β-unsaturated/α-hetero) is 1. The van der Waals surface area contributed by atoms with E-state index in [0.29, 0.717) is 10.6 Å². The summed E-state index contributed by atoms with van der Waals surface area (Å²) in [7, 11) is 1.23. The highest BCUT2D eigenvalue weighted by Crippen LogP contribution is 2.10. The largest absolute Gasteiger partial charge is 0.467 e. The van der Waals surface area contributed by atoms with E-state index in [1.54, 1.807) is 24.3 Å². The van der Waals surface area contributed by atoms with E-state index in [4.69, 9.17) is 11.6 Å². The molecular formula is C14H16ClNO4. The fourth-order valence-corrected chi connectivity index (χ4v) is 1.71. The van der Waals surface area contributed by atoms with Crippen LogP contribution in [-0.4, -0.2) is 30.8 Å². The molecule has 0 aromatic heterocycles. The third kappa shape index (κ3) is 5.01. The van der Waals surface area contributed by atoms with E-state index in [-0.39, 0.29) is 18.6 Å². The number of amides is 1. The summed E-state index contributed by atoms with van der Waals surface area (Å²) in [4.78, 5) is 34.5. The van der Waals surface area contributed by atoms with E-state index in [1.165, 1.54) is 14.0 Å². The van der Waals surface area contributed by atoms with Crippen molar-refractivity contribution in [3.05, 3.63) is 34.9 Å². The molecule has 0 fully saturated rings. The second-order valence-corrected chi connectivity index (χ2v) is 4.73. The molecule has 0 heterocycles. The molecule has 6 heteroatoms. The van der Waals surface area contributed by atoms with Gasteiger partial charge in [0.05, 0.1) is 7.11 Å². The summed E-state index contributed by atoms with van der Waals surface area (Å²) in [6.07, 6.45) is 0.405. The third-order valence-electron chi connectivity index (χ3n) is 2.68. The normalized spacial score (nSPS) is 11.6. The number of ether oxygens (including phenoxy) is 1. The highest BCUT2D eigenvalue weighted by Gasteiger charge is 2.22. The molecule has 1 N–H and O–H groups in total. The van der Waals surface area contributed by atoms with E-state index in [0.717, 1.165) is 0 Å². The van der Waals surface area contributed by atoms with Gasteiger partial charge in [0.15, 0.2) is 0 Å². The Morgan fingerprint density at radius 3 is 2.35 bits per heavy atom. The van der Waals surface area contributed by atoms with Gasteiger partial charge in [-0.2, -0.15) is 0 Å². The second kappa shape index (κ2) is 7.65. The van der Waals surface area contributed by atoms with Gasteiger partial charge in [0.25, 0.3) is 5.91 Å². The molecule has 0 saturated carbocycles. The number of benzene rings is 1. The van der Waals surface area contributed by atoms with Gasteiger partial charge in [-0.15, -0.1) is 0 Å². The van der Waals surface area contributed by atoms with Gasteiger partial charge in [-0.25, -0.2) is 4.79 Å². The molecular weight excluding hydrogens is 282 g/mol. The quantitative estimate of drug-likeness (QED) is 0.815. The van der Waals surface area contributed by atoms with E-state index in [2.05, 4.69) is 10.1 Å². The third-order valence-corrected chi connectivity index (χ3v) is 2.93. The lowest BCUT2D eigenvalue weighted by molar-refractivity contribution is -0.143. The standard InChI is InChI=1S/C14H16ClNO4/c1-9(17)3-8-12(14(19)20-2)16-13(18)10-4-6-11(15)7-5-10/h4-7,12H,3,8H2,1-2H3,(H,16,18)/t12-/m0/s1. The van der Waals surface area contributed by atoms with Crippen LogP contribution < -0.4 is 5.32 Å². The molecule has 0 spiro atoms. The molecule has 0 aliphatic rings. The molecule has 0 radical (unpaired) electrons. The van der Waals surface area contributed by atoms with Crippen LogP contribution in [0, 0.1) is 0 Å². The van der Waals surface area contributed by atoms with Crippen molar-refractivity contribution in [2.45, 2.75) is 25.8 Å². The Balaban J connectivity index is 2.72. The second-order valence-electron chi connectivity index (χ2n) is 4.30. The zero-order valence-electron chi connectivity index (χ0n) is 11.3. The van der Waals surface area contributed by atoms with Gasteiger partial charge in [-0.1, -0.05) is 11.6 Å². The van der Waals surface area contributed by atoms with E-state index in [9.17, 15) is 14.4 Å². The summed E-state index contributed by atoms with van der Waals surface area (Å²) in [5.74, 6) is -1.05. The molecule has 108 valence electrons. The minimum atomic E-state index is -0.841. The van der Waals surface area contributed by atoms with Gasteiger partial charge >= 0.3 is 5.97 Å². The average Bonchev–Trinajstić information content (AvgIpc) is 2.42. The van der Waals surface area contributed by atoms with Crippen LogP contribution in [0.4, 0.5) is 0 Å². The maximum atomic E-state index is 12.0. The summed E-state index contributed by atoms with van der Waals surface area (Å²) in [6, 6.07) is 5.43. The van der Waals surface area contributed by atoms with Crippen molar-refractivity contribution < 1.29 is 19.1 Å². The molecule has 1 aromatic rings. The number of ketones is 1. The summed E-state index contributed by atoms with van der Waals surface area (Å²) < 4.78 is 4.61. The van der Waals surface area contributed by atoms with E-state index < -0.39 is 17.9 Å². The minimum absolute atomic E-state index is 0.0559. The van der Waals surface area contributed by atoms with Crippen LogP contribution in [0.5, 0.6) is 0 Å². The van der Waals surface area contributed by atoms with Gasteiger partial charge < -0.3 is 14.8 Å². The van der Waals surface area contributed by atoms with Gasteiger partial charge in [0.1, 0.15) is 11.8 Å². The molecule has 20 heavy (non-hydrogen) atoms. The molecule has 1 atom stereocenters. The first-order valence-electron chi connectivity index (χ1n) is 6.07. The molecule has 0 aliphatic heterocycles. The first-order chi connectivity index (χ1) is 9.43. The number of esters is 1. The number of methoxy groups -OCH3 is 1. The van der Waals surface area contributed by atoms with E-state index >= 15 is 0 Å². The highest BCUT2D eigenvalue weighted by atomic mass is 35.5. The fraction of sp³-hybridized carbons (Fsp3) is 0.357. The minimum Gasteiger partial charge on any atom is -0.467 e. The maximum Gasteiger partial charge on any atom is 0.328 e. The number of rotatable bonds is 6. The van der Waals surface area contributed by atoms with Gasteiger partial charge in [0.2, 0.25) is 0 Å². The Hall–Kier alpha value is -1.88. The SMILES string of the molecule is COC(=O)[C@H](CCC(C)=O)NC(=O)c1ccc(Cl)cc1. The Kier molecular flexibility index (Phi) is 6.18. The van der Waals surface area contributed by atoms with Gasteiger partial charge in [-0.3, -0.25) is 4.79 Å². The predicted molar refractivity (Wildman–Crippen MR) is 74.6 cm³/mol. The van der Waals surface area contributed by atoms with E-state index in [1.807, 2.05) is 0 Å². The van der Waals surface area contributed by atoms with Crippen LogP contribution in [0.2, 0.25) is 5.02 Å². The molecule has 0 bridgehead atoms. The summed E-state index contributed by atoms with van der Waals surface area (Å²) in [5, 5.41) is 3.07. The molecule has 0 saturated heterocycles. The Bertz CT molecular complexity index is 498. The highest BCUT2D eigenvalue weighted by molar-refractivity contribution is 6.30. The summed E-state index contributed by atoms with van der Waals surface area (Å²) in [5.41, 5.74) is 0.381. The van der Waals surface area contributed by atoms with Crippen LogP contribution in [0.15, 0.2) is 24.3 Å². The van der Waals surface area contributed by atoms with Crippen molar-refractivity contribution in [2.75, 3.05) is 7.11 Å². The first-order valence-corrected chi connectivity index (χ1v) is 6.45. The van der Waals surface area contributed by atoms with Crippen LogP contribution in [0.25, 0.3) is 0 Å². The number of halogens is 1. The Labute approximate surface area is 122 Å². The van der Waals surface area contributed by atoms with Crippen molar-refractivity contribution >= 4 is 29.3 Å². The number of carbonyl (C=O) groups excluding carboxylic acids is 3. The summed E-state index contributed by atoms with van der Waals surface area (Å²) >= 11 is 5.74. The smallest absolute Gasteiger partial charge is 0.328 e. The maximum absolute atomic E-state index is 12.0. The van der Waals surface area contributed by atoms with Crippen molar-refractivity contribution in [2.24, 2.45) is 0 Å². The van der Waals surface area contributed by atoms with Crippen molar-refractivity contribution in [3.8, 4) is 0 Å². The van der Waals surface area contributed by atoms with Gasteiger partial charge in [0, 0.05) is 17.0 Å². The first kappa shape index (κ1) is 16.2. The van der Waals surface area contributed by atoms with Crippen molar-refractivity contribution in [3.63, 3.8) is 0 Å². The van der Waals surface area contributed by atoms with Crippen molar-refractivity contribution in [1.29, 1.82) is 0 Å². The zero-order chi connectivity index (χ0) is 15.1. The molecule has 1 aromatic carbocycles. The number of hydrogen-bond donors (Lipinski definition) is 1. The molecule has 1 amide bonds. The number of carbonyl (C=O) groups is 3. The lowest BCUT2D eigenvalue weighted by Crippen LogP contribution is -2.41. The van der Waals surface area contributed by atoms with Crippen LogP contribution >= 0.6 is 11.6 Å². The Morgan fingerprint density at radius 2 is 1.85 bits per heavy atom.